The van der Waals surface area contributed by atoms with Crippen molar-refractivity contribution in [3.05, 3.63) is 29.6 Å². The van der Waals surface area contributed by atoms with Gasteiger partial charge in [0, 0.05) is 11.9 Å². The molecule has 0 aliphatic heterocycles. The second kappa shape index (κ2) is 5.30. The smallest absolute Gasteiger partial charge is 0.127 e. The third-order valence-corrected chi connectivity index (χ3v) is 2.23. The molecular weight excluding hydrogens is 223 g/mol. The lowest BCUT2D eigenvalue weighted by atomic mass is 10.0. The summed E-state index contributed by atoms with van der Waals surface area (Å²) in [5, 5.41) is 28.1. The third kappa shape index (κ3) is 3.34. The molecule has 0 amide bonds. The van der Waals surface area contributed by atoms with Gasteiger partial charge in [-0.2, -0.15) is 0 Å². The average molecular weight is 235 g/mol. The molecule has 0 saturated carbocycles. The first kappa shape index (κ1) is 12.2. The molecule has 1 aromatic carbocycles. The fourth-order valence-corrected chi connectivity index (χ4v) is 1.48. The number of rotatable bonds is 4. The molecule has 0 spiro atoms. The highest BCUT2D eigenvalue weighted by molar-refractivity contribution is 6.17. The first-order chi connectivity index (χ1) is 7.04. The lowest BCUT2D eigenvalue weighted by molar-refractivity contribution is 0.0167. The van der Waals surface area contributed by atoms with Gasteiger partial charge in [0.25, 0.3) is 0 Å². The molecule has 1 rings (SSSR count). The molecule has 2 atom stereocenters. The topological polar surface area (TPSA) is 60.7 Å². The lowest BCUT2D eigenvalue weighted by Gasteiger charge is -2.17. The van der Waals surface area contributed by atoms with Gasteiger partial charge in [-0.1, -0.05) is 0 Å². The first-order valence-electron chi connectivity index (χ1n) is 4.46. The molecular formula is C10H12ClFO3. The molecule has 0 aliphatic rings. The summed E-state index contributed by atoms with van der Waals surface area (Å²) in [5.74, 6) is -0.760. The van der Waals surface area contributed by atoms with Crippen LogP contribution in [0.3, 0.4) is 0 Å². The van der Waals surface area contributed by atoms with Crippen molar-refractivity contribution in [2.24, 2.45) is 0 Å². The molecule has 84 valence electrons. The predicted octanol–water partition coefficient (Wildman–Crippen LogP) is 1.55. The van der Waals surface area contributed by atoms with Crippen LogP contribution in [0.4, 0.5) is 4.39 Å². The van der Waals surface area contributed by atoms with Crippen LogP contribution < -0.4 is 0 Å². The van der Waals surface area contributed by atoms with Crippen molar-refractivity contribution in [2.45, 2.75) is 18.6 Å². The van der Waals surface area contributed by atoms with E-state index in [4.69, 9.17) is 16.7 Å². The molecule has 0 aromatic heterocycles. The van der Waals surface area contributed by atoms with E-state index in [0.717, 1.165) is 12.1 Å². The van der Waals surface area contributed by atoms with Crippen molar-refractivity contribution < 1.29 is 19.7 Å². The Labute approximate surface area is 91.7 Å². The Morgan fingerprint density at radius 2 is 1.93 bits per heavy atom. The van der Waals surface area contributed by atoms with E-state index in [1.165, 1.54) is 6.07 Å². The minimum atomic E-state index is -1.25. The van der Waals surface area contributed by atoms with Crippen molar-refractivity contribution >= 4 is 11.6 Å². The highest BCUT2D eigenvalue weighted by Crippen LogP contribution is 2.24. The molecule has 0 radical (unpaired) electrons. The Bertz CT molecular complexity index is 312. The van der Waals surface area contributed by atoms with Crippen molar-refractivity contribution in [3.8, 4) is 5.75 Å². The Morgan fingerprint density at radius 1 is 1.27 bits per heavy atom. The van der Waals surface area contributed by atoms with E-state index in [-0.39, 0.29) is 23.6 Å². The molecule has 3 nitrogen and oxygen atoms in total. The second-order valence-corrected chi connectivity index (χ2v) is 3.61. The van der Waals surface area contributed by atoms with Crippen molar-refractivity contribution in [1.29, 1.82) is 0 Å². The number of phenolic OH excluding ortho intramolecular Hbond substituents is 1. The minimum Gasteiger partial charge on any atom is -0.508 e. The molecule has 0 aliphatic carbocycles. The van der Waals surface area contributed by atoms with Crippen LogP contribution >= 0.6 is 11.6 Å². The van der Waals surface area contributed by atoms with Crippen LogP contribution in [0.25, 0.3) is 0 Å². The minimum absolute atomic E-state index is 0.130. The van der Waals surface area contributed by atoms with Gasteiger partial charge in [-0.15, -0.1) is 11.6 Å². The average Bonchev–Trinajstić information content (AvgIpc) is 2.15. The van der Waals surface area contributed by atoms with Gasteiger partial charge in [0.15, 0.2) is 0 Å². The highest BCUT2D eigenvalue weighted by Gasteiger charge is 2.18. The number of aliphatic hydroxyl groups excluding tert-OH is 2. The van der Waals surface area contributed by atoms with E-state index in [1.807, 2.05) is 0 Å². The zero-order valence-corrected chi connectivity index (χ0v) is 8.65. The molecule has 15 heavy (non-hydrogen) atoms. The van der Waals surface area contributed by atoms with Crippen LogP contribution in [-0.4, -0.2) is 27.3 Å². The van der Waals surface area contributed by atoms with Gasteiger partial charge < -0.3 is 15.3 Å². The van der Waals surface area contributed by atoms with Gasteiger partial charge in [0.05, 0.1) is 6.10 Å². The molecule has 2 unspecified atom stereocenters. The fourth-order valence-electron chi connectivity index (χ4n) is 1.26. The number of aromatic hydroxyl groups is 1. The van der Waals surface area contributed by atoms with E-state index < -0.39 is 18.0 Å². The quantitative estimate of drug-likeness (QED) is 0.693. The largest absolute Gasteiger partial charge is 0.508 e. The third-order valence-electron chi connectivity index (χ3n) is 2.02. The Balaban J connectivity index is 2.85. The number of hydrogen-bond donors (Lipinski definition) is 3. The van der Waals surface area contributed by atoms with E-state index >= 15 is 0 Å². The lowest BCUT2D eigenvalue weighted by Crippen LogP contribution is -2.18. The van der Waals surface area contributed by atoms with Crippen molar-refractivity contribution in [3.63, 3.8) is 0 Å². The second-order valence-electron chi connectivity index (χ2n) is 3.23. The number of aliphatic hydroxyl groups is 2. The summed E-state index contributed by atoms with van der Waals surface area (Å²) < 4.78 is 12.9. The molecule has 1 aromatic rings. The molecule has 3 N–H and O–H groups in total. The summed E-state index contributed by atoms with van der Waals surface area (Å²) >= 11 is 5.40. The van der Waals surface area contributed by atoms with Gasteiger partial charge in [0.1, 0.15) is 17.7 Å². The standard InChI is InChI=1S/C10H12ClFO3/c11-2-1-9(14)10(15)6-3-7(12)5-8(13)4-6/h3-5,9-10,13-15H,1-2H2. The van der Waals surface area contributed by atoms with Gasteiger partial charge in [0.2, 0.25) is 0 Å². The Hall–Kier alpha value is -0.840. The maximum atomic E-state index is 12.9. The molecule has 0 saturated heterocycles. The Morgan fingerprint density at radius 3 is 2.47 bits per heavy atom. The van der Waals surface area contributed by atoms with Crippen LogP contribution in [0, 0.1) is 5.82 Å². The zero-order valence-electron chi connectivity index (χ0n) is 7.90. The van der Waals surface area contributed by atoms with Crippen LogP contribution in [0.5, 0.6) is 5.75 Å². The van der Waals surface area contributed by atoms with E-state index in [1.54, 1.807) is 0 Å². The van der Waals surface area contributed by atoms with E-state index in [0.29, 0.717) is 0 Å². The summed E-state index contributed by atoms with van der Waals surface area (Å²) in [5.41, 5.74) is 0.130. The maximum absolute atomic E-state index is 12.9. The van der Waals surface area contributed by atoms with Gasteiger partial charge in [-0.05, 0) is 24.1 Å². The summed E-state index contributed by atoms with van der Waals surface area (Å²) in [6.45, 7) is 0. The summed E-state index contributed by atoms with van der Waals surface area (Å²) in [6.07, 6.45) is -2.12. The normalized spacial score (nSPS) is 14.9. The maximum Gasteiger partial charge on any atom is 0.127 e. The van der Waals surface area contributed by atoms with Gasteiger partial charge >= 0.3 is 0 Å². The molecule has 0 fully saturated rings. The number of hydrogen-bond acceptors (Lipinski definition) is 3. The number of halogens is 2. The van der Waals surface area contributed by atoms with Crippen LogP contribution in [-0.2, 0) is 0 Å². The first-order valence-corrected chi connectivity index (χ1v) is 4.99. The van der Waals surface area contributed by atoms with Gasteiger partial charge in [-0.3, -0.25) is 0 Å². The summed E-state index contributed by atoms with van der Waals surface area (Å²) in [4.78, 5) is 0. The van der Waals surface area contributed by atoms with Gasteiger partial charge in [-0.25, -0.2) is 4.39 Å². The summed E-state index contributed by atoms with van der Waals surface area (Å²) in [7, 11) is 0. The van der Waals surface area contributed by atoms with E-state index in [2.05, 4.69) is 0 Å². The van der Waals surface area contributed by atoms with E-state index in [9.17, 15) is 14.6 Å². The van der Waals surface area contributed by atoms with Crippen LogP contribution in [0.15, 0.2) is 18.2 Å². The number of benzene rings is 1. The van der Waals surface area contributed by atoms with Crippen molar-refractivity contribution in [2.75, 3.05) is 5.88 Å². The predicted molar refractivity (Wildman–Crippen MR) is 54.4 cm³/mol. The SMILES string of the molecule is Oc1cc(F)cc(C(O)C(O)CCCl)c1. The Kier molecular flexibility index (Phi) is 4.32. The zero-order chi connectivity index (χ0) is 11.4. The monoisotopic (exact) mass is 234 g/mol. The summed E-state index contributed by atoms with van der Waals surface area (Å²) in [6, 6.07) is 3.18. The van der Waals surface area contributed by atoms with Crippen molar-refractivity contribution in [1.82, 2.24) is 0 Å². The molecule has 0 bridgehead atoms. The fraction of sp³-hybridized carbons (Fsp3) is 0.400. The highest BCUT2D eigenvalue weighted by atomic mass is 35.5. The number of alkyl halides is 1. The van der Waals surface area contributed by atoms with Crippen LogP contribution in [0.1, 0.15) is 18.1 Å². The number of phenols is 1. The van der Waals surface area contributed by atoms with Crippen LogP contribution in [0.2, 0.25) is 0 Å². The molecule has 0 heterocycles. The molecule has 5 heteroatoms.